The molecule has 0 aliphatic carbocycles. The van der Waals surface area contributed by atoms with Crippen molar-refractivity contribution in [1.29, 1.82) is 0 Å². The maximum Gasteiger partial charge on any atom is 0.270 e. The third kappa shape index (κ3) is 3.22. The first-order chi connectivity index (χ1) is 10.6. The number of amides is 1. The van der Waals surface area contributed by atoms with Crippen molar-refractivity contribution < 1.29 is 4.79 Å². The minimum Gasteiger partial charge on any atom is -0.337 e. The number of carbonyl (C=O) groups excluding carboxylic acids is 1. The van der Waals surface area contributed by atoms with E-state index in [1.165, 1.54) is 22.9 Å². The fraction of sp³-hybridized carbons (Fsp3) is 0.312. The van der Waals surface area contributed by atoms with E-state index in [0.717, 1.165) is 13.0 Å². The van der Waals surface area contributed by atoms with Gasteiger partial charge < -0.3 is 9.88 Å². The van der Waals surface area contributed by atoms with Gasteiger partial charge in [0.1, 0.15) is 5.69 Å². The molecule has 1 amide bonds. The number of nitrogens with zero attached hydrogens (tertiary/aromatic N) is 2. The van der Waals surface area contributed by atoms with Crippen molar-refractivity contribution in [3.05, 3.63) is 57.6 Å². The minimum absolute atomic E-state index is 0.0842. The zero-order valence-corrected chi connectivity index (χ0v) is 13.2. The molecular weight excluding hydrogens is 298 g/mol. The number of rotatable bonds is 3. The lowest BCUT2D eigenvalue weighted by Crippen LogP contribution is -2.37. The van der Waals surface area contributed by atoms with Crippen molar-refractivity contribution in [2.75, 3.05) is 12.3 Å². The van der Waals surface area contributed by atoms with Crippen LogP contribution in [0.4, 0.5) is 0 Å². The Labute approximate surface area is 132 Å². The van der Waals surface area contributed by atoms with E-state index in [-0.39, 0.29) is 11.5 Å². The van der Waals surface area contributed by atoms with Crippen LogP contribution in [0.5, 0.6) is 0 Å². The van der Waals surface area contributed by atoms with Crippen molar-refractivity contribution in [2.45, 2.75) is 24.9 Å². The summed E-state index contributed by atoms with van der Waals surface area (Å²) in [5.74, 6) is 0.393. The first-order valence-electron chi connectivity index (χ1n) is 7.17. The lowest BCUT2D eigenvalue weighted by Gasteiger charge is -2.28. The summed E-state index contributed by atoms with van der Waals surface area (Å²) < 4.78 is 0. The number of hydrogen-bond donors (Lipinski definition) is 1. The largest absolute Gasteiger partial charge is 0.337 e. The number of aromatic amines is 1. The second kappa shape index (κ2) is 6.36. The molecule has 6 heteroatoms. The lowest BCUT2D eigenvalue weighted by molar-refractivity contribution is -0.129. The van der Waals surface area contributed by atoms with Crippen LogP contribution in [-0.2, 0) is 17.8 Å². The number of hydrogen-bond acceptors (Lipinski definition) is 4. The molecule has 0 fully saturated rings. The quantitative estimate of drug-likeness (QED) is 0.877. The van der Waals surface area contributed by atoms with Crippen molar-refractivity contribution >= 4 is 17.7 Å². The maximum atomic E-state index is 12.3. The second-order valence-corrected chi connectivity index (χ2v) is 6.30. The van der Waals surface area contributed by atoms with Crippen LogP contribution in [0.3, 0.4) is 0 Å². The van der Waals surface area contributed by atoms with Crippen LogP contribution in [0, 0.1) is 6.92 Å². The fourth-order valence-electron chi connectivity index (χ4n) is 2.46. The van der Waals surface area contributed by atoms with Gasteiger partial charge in [-0.1, -0.05) is 36.0 Å². The molecule has 22 heavy (non-hydrogen) atoms. The predicted molar refractivity (Wildman–Crippen MR) is 85.9 cm³/mol. The summed E-state index contributed by atoms with van der Waals surface area (Å²) in [5.41, 5.74) is 2.77. The third-order valence-corrected chi connectivity index (χ3v) is 4.69. The van der Waals surface area contributed by atoms with Crippen molar-refractivity contribution in [3.8, 4) is 0 Å². The number of aromatic nitrogens is 2. The fourth-order valence-corrected chi connectivity index (χ4v) is 3.22. The highest BCUT2D eigenvalue weighted by atomic mass is 32.2. The number of thioether (sulfide) groups is 1. The second-order valence-electron chi connectivity index (χ2n) is 5.28. The minimum atomic E-state index is -0.204. The van der Waals surface area contributed by atoms with Crippen LogP contribution >= 0.6 is 11.8 Å². The van der Waals surface area contributed by atoms with Crippen LogP contribution in [0.25, 0.3) is 0 Å². The standard InChI is InChI=1S/C16H17N3O2S/c1-11-16(21)18-14(8-17-11)22-10-15(20)19-7-6-12-4-2-3-5-13(12)9-19/h2-5,8H,6-7,9-10H2,1H3,(H,18,21). The molecule has 0 atom stereocenters. The van der Waals surface area contributed by atoms with Crippen LogP contribution in [-0.4, -0.2) is 33.1 Å². The molecule has 0 spiro atoms. The van der Waals surface area contributed by atoms with Gasteiger partial charge in [-0.05, 0) is 24.5 Å². The van der Waals surface area contributed by atoms with Crippen LogP contribution in [0.15, 0.2) is 40.3 Å². The molecule has 0 saturated heterocycles. The zero-order chi connectivity index (χ0) is 15.5. The third-order valence-electron chi connectivity index (χ3n) is 3.78. The van der Waals surface area contributed by atoms with E-state index in [0.29, 0.717) is 23.0 Å². The molecule has 5 nitrogen and oxygen atoms in total. The van der Waals surface area contributed by atoms with Crippen LogP contribution < -0.4 is 5.56 Å². The van der Waals surface area contributed by atoms with Gasteiger partial charge in [0.2, 0.25) is 5.91 Å². The monoisotopic (exact) mass is 315 g/mol. The summed E-state index contributed by atoms with van der Waals surface area (Å²) in [7, 11) is 0. The molecule has 0 radical (unpaired) electrons. The van der Waals surface area contributed by atoms with E-state index in [1.54, 1.807) is 13.1 Å². The summed E-state index contributed by atoms with van der Waals surface area (Å²) in [6.07, 6.45) is 2.50. The maximum absolute atomic E-state index is 12.3. The van der Waals surface area contributed by atoms with Crippen molar-refractivity contribution in [2.24, 2.45) is 0 Å². The molecule has 0 unspecified atom stereocenters. The first kappa shape index (κ1) is 14.8. The number of H-pyrrole nitrogens is 1. The average Bonchev–Trinajstić information content (AvgIpc) is 2.55. The number of nitrogens with one attached hydrogen (secondary N) is 1. The van der Waals surface area contributed by atoms with Gasteiger partial charge in [0.25, 0.3) is 5.56 Å². The molecule has 3 rings (SSSR count). The van der Waals surface area contributed by atoms with Crippen LogP contribution in [0.1, 0.15) is 16.8 Å². The Kier molecular flexibility index (Phi) is 4.29. The topological polar surface area (TPSA) is 66.1 Å². The molecule has 1 aromatic carbocycles. The normalized spacial score (nSPS) is 13.8. The van der Waals surface area contributed by atoms with E-state index in [1.807, 2.05) is 17.0 Å². The molecule has 0 bridgehead atoms. The predicted octanol–water partition coefficient (Wildman–Crippen LogP) is 1.76. The van der Waals surface area contributed by atoms with E-state index < -0.39 is 0 Å². The molecule has 1 aliphatic heterocycles. The highest BCUT2D eigenvalue weighted by Crippen LogP contribution is 2.20. The molecule has 1 aliphatic rings. The van der Waals surface area contributed by atoms with Gasteiger partial charge in [0, 0.05) is 13.1 Å². The Bertz CT molecular complexity index is 757. The Balaban J connectivity index is 1.61. The highest BCUT2D eigenvalue weighted by molar-refractivity contribution is 7.99. The summed E-state index contributed by atoms with van der Waals surface area (Å²) in [6, 6.07) is 8.23. The number of carbonyl (C=O) groups is 1. The molecule has 114 valence electrons. The van der Waals surface area contributed by atoms with Gasteiger partial charge in [-0.2, -0.15) is 0 Å². The van der Waals surface area contributed by atoms with E-state index in [2.05, 4.69) is 22.1 Å². The Hall–Kier alpha value is -2.08. The summed E-state index contributed by atoms with van der Waals surface area (Å²) >= 11 is 1.32. The van der Waals surface area contributed by atoms with E-state index in [4.69, 9.17) is 0 Å². The highest BCUT2D eigenvalue weighted by Gasteiger charge is 2.20. The molecule has 1 aromatic heterocycles. The molecular formula is C16H17N3O2S. The molecule has 2 aromatic rings. The van der Waals surface area contributed by atoms with Gasteiger partial charge in [0.05, 0.1) is 17.0 Å². The van der Waals surface area contributed by atoms with Gasteiger partial charge >= 0.3 is 0 Å². The molecule has 0 saturated carbocycles. The zero-order valence-electron chi connectivity index (χ0n) is 12.3. The van der Waals surface area contributed by atoms with Crippen molar-refractivity contribution in [1.82, 2.24) is 14.9 Å². The Morgan fingerprint density at radius 1 is 1.36 bits per heavy atom. The Morgan fingerprint density at radius 2 is 2.14 bits per heavy atom. The molecule has 1 N–H and O–H groups in total. The van der Waals surface area contributed by atoms with Crippen molar-refractivity contribution in [3.63, 3.8) is 0 Å². The summed E-state index contributed by atoms with van der Waals surface area (Å²) in [4.78, 5) is 32.4. The van der Waals surface area contributed by atoms with Gasteiger partial charge in [-0.25, -0.2) is 0 Å². The smallest absolute Gasteiger partial charge is 0.270 e. The Morgan fingerprint density at radius 3 is 2.91 bits per heavy atom. The molecule has 2 heterocycles. The van der Waals surface area contributed by atoms with Crippen LogP contribution in [0.2, 0.25) is 0 Å². The summed E-state index contributed by atoms with van der Waals surface area (Å²) in [5, 5.41) is 0.626. The van der Waals surface area contributed by atoms with Gasteiger partial charge in [-0.3, -0.25) is 14.6 Å². The van der Waals surface area contributed by atoms with E-state index in [9.17, 15) is 9.59 Å². The first-order valence-corrected chi connectivity index (χ1v) is 8.15. The van der Waals surface area contributed by atoms with Gasteiger partial charge in [0.15, 0.2) is 0 Å². The number of fused-ring (bicyclic) bond motifs is 1. The average molecular weight is 315 g/mol. The lowest BCUT2D eigenvalue weighted by atomic mass is 10.00. The summed E-state index contributed by atoms with van der Waals surface area (Å²) in [6.45, 7) is 3.07. The van der Waals surface area contributed by atoms with Gasteiger partial charge in [-0.15, -0.1) is 0 Å². The SMILES string of the molecule is Cc1ncc(SCC(=O)N2CCc3ccccc3C2)[nH]c1=O. The number of aryl methyl sites for hydroxylation is 1. The van der Waals surface area contributed by atoms with E-state index >= 15 is 0 Å². The number of benzene rings is 1.